The Morgan fingerprint density at radius 2 is 1.50 bits per heavy atom. The first-order valence-corrected chi connectivity index (χ1v) is 19.2. The van der Waals surface area contributed by atoms with Gasteiger partial charge in [-0.2, -0.15) is 0 Å². The first-order valence-electron chi connectivity index (χ1n) is 17.2. The van der Waals surface area contributed by atoms with E-state index in [-0.39, 0.29) is 39.8 Å². The molecule has 0 amide bonds. The van der Waals surface area contributed by atoms with Crippen LogP contribution in [0.5, 0.6) is 0 Å². The number of fused-ring (bicyclic) bond motifs is 1. The molecule has 2 aromatic rings. The minimum atomic E-state index is -2.79. The van der Waals surface area contributed by atoms with Crippen molar-refractivity contribution in [1.29, 1.82) is 0 Å². The summed E-state index contributed by atoms with van der Waals surface area (Å²) in [5.74, 6) is 0.435. The molecule has 0 bridgehead atoms. The van der Waals surface area contributed by atoms with Gasteiger partial charge < -0.3 is 18.6 Å². The van der Waals surface area contributed by atoms with Crippen molar-refractivity contribution >= 4 is 24.7 Å². The molecule has 4 rings (SSSR count). The van der Waals surface area contributed by atoms with Crippen LogP contribution >= 0.6 is 0 Å². The van der Waals surface area contributed by atoms with E-state index in [1.165, 1.54) is 15.9 Å². The second-order valence-corrected chi connectivity index (χ2v) is 20.8. The zero-order valence-electron chi connectivity index (χ0n) is 30.4. The Morgan fingerprint density at radius 3 is 2.00 bits per heavy atom. The molecule has 0 aromatic heterocycles. The van der Waals surface area contributed by atoms with Crippen molar-refractivity contribution in [3.8, 4) is 0 Å². The highest BCUT2D eigenvalue weighted by molar-refractivity contribution is 6.99. The number of benzene rings is 2. The van der Waals surface area contributed by atoms with Gasteiger partial charge in [-0.05, 0) is 91.0 Å². The Labute approximate surface area is 280 Å². The quantitative estimate of drug-likeness (QED) is 0.0764. The first kappa shape index (κ1) is 36.6. The maximum atomic E-state index is 13.4. The number of carbonyl (C=O) groups is 1. The van der Waals surface area contributed by atoms with Crippen LogP contribution in [0.4, 0.5) is 0 Å². The third-order valence-corrected chi connectivity index (χ3v) is 16.3. The average molecular weight is 649 g/mol. The predicted molar refractivity (Wildman–Crippen MR) is 191 cm³/mol. The smallest absolute Gasteiger partial charge is 0.311 e. The average Bonchev–Trinajstić information content (AvgIpc) is 3.19. The lowest BCUT2D eigenvalue weighted by Gasteiger charge is -2.55. The normalized spacial score (nSPS) is 26.4. The van der Waals surface area contributed by atoms with Crippen LogP contribution in [0.25, 0.3) is 0 Å². The van der Waals surface area contributed by atoms with Gasteiger partial charge in [0.25, 0.3) is 8.32 Å². The molecule has 0 heterocycles. The zero-order chi connectivity index (χ0) is 34.0. The van der Waals surface area contributed by atoms with Crippen molar-refractivity contribution in [2.75, 3.05) is 27.1 Å². The number of hydrogen-bond acceptors (Lipinski definition) is 5. The van der Waals surface area contributed by atoms with Gasteiger partial charge in [0.15, 0.2) is 0 Å². The minimum absolute atomic E-state index is 0.0322. The second-order valence-electron chi connectivity index (χ2n) is 16.5. The molecule has 2 aromatic carbocycles. The van der Waals surface area contributed by atoms with Gasteiger partial charge in [-0.3, -0.25) is 4.79 Å². The minimum Gasteiger partial charge on any atom is -0.462 e. The van der Waals surface area contributed by atoms with Crippen molar-refractivity contribution < 1.29 is 23.4 Å². The van der Waals surface area contributed by atoms with Crippen molar-refractivity contribution in [3.05, 3.63) is 72.3 Å². The molecule has 2 aliphatic rings. The van der Waals surface area contributed by atoms with Gasteiger partial charge >= 0.3 is 5.97 Å². The SMILES string of the molecule is COCOCCC[C@@]12C=C(C)C(C)(C)[C@@H]1C[C@H](OC(=O)C(C)(C)C)[C@@H](C)[C@@H]2CO[Si](c1ccccc1)(c1ccccc1)C(C)(C)C. The third kappa shape index (κ3) is 6.97. The summed E-state index contributed by atoms with van der Waals surface area (Å²) in [6, 6.07) is 21.8. The van der Waals surface area contributed by atoms with Crippen molar-refractivity contribution in [2.24, 2.45) is 34.0 Å². The zero-order valence-corrected chi connectivity index (χ0v) is 31.4. The fraction of sp³-hybridized carbons (Fsp3) is 0.625. The van der Waals surface area contributed by atoms with E-state index in [0.717, 1.165) is 19.3 Å². The molecule has 1 fully saturated rings. The Bertz CT molecular complexity index is 1280. The summed E-state index contributed by atoms with van der Waals surface area (Å²) in [5.41, 5.74) is 0.711. The highest BCUT2D eigenvalue weighted by Crippen LogP contribution is 2.65. The van der Waals surface area contributed by atoms with Crippen molar-refractivity contribution in [2.45, 2.75) is 99.6 Å². The summed E-state index contributed by atoms with van der Waals surface area (Å²) in [6.45, 7) is 23.8. The summed E-state index contributed by atoms with van der Waals surface area (Å²) in [5, 5.41) is 2.43. The molecule has 6 heteroatoms. The highest BCUT2D eigenvalue weighted by Gasteiger charge is 2.61. The van der Waals surface area contributed by atoms with Gasteiger partial charge in [0.05, 0.1) is 5.41 Å². The fourth-order valence-corrected chi connectivity index (χ4v) is 13.1. The lowest BCUT2D eigenvalue weighted by molar-refractivity contribution is -0.175. The lowest BCUT2D eigenvalue weighted by atomic mass is 9.52. The van der Waals surface area contributed by atoms with Crippen molar-refractivity contribution in [3.63, 3.8) is 0 Å². The predicted octanol–water partition coefficient (Wildman–Crippen LogP) is 8.17. The second kappa shape index (κ2) is 14.1. The molecule has 5 atom stereocenters. The van der Waals surface area contributed by atoms with Gasteiger partial charge in [0.1, 0.15) is 12.9 Å². The topological polar surface area (TPSA) is 54.0 Å². The summed E-state index contributed by atoms with van der Waals surface area (Å²) >= 11 is 0. The molecule has 0 aliphatic heterocycles. The summed E-state index contributed by atoms with van der Waals surface area (Å²) in [6.07, 6.45) is 5.17. The van der Waals surface area contributed by atoms with Crippen LogP contribution in [0.1, 0.15) is 88.5 Å². The van der Waals surface area contributed by atoms with E-state index in [1.807, 2.05) is 20.8 Å². The molecule has 0 saturated heterocycles. The molecular weight excluding hydrogens is 589 g/mol. The number of allylic oxidation sites excluding steroid dienone is 2. The third-order valence-electron chi connectivity index (χ3n) is 11.3. The van der Waals surface area contributed by atoms with Crippen LogP contribution in [-0.2, 0) is 23.4 Å². The van der Waals surface area contributed by atoms with E-state index in [4.69, 9.17) is 18.6 Å². The molecule has 46 heavy (non-hydrogen) atoms. The molecular formula is C40H60O5Si. The number of methoxy groups -OCH3 is 1. The Morgan fingerprint density at radius 1 is 0.935 bits per heavy atom. The van der Waals surface area contributed by atoms with Gasteiger partial charge in [-0.1, -0.05) is 114 Å². The van der Waals surface area contributed by atoms with Crippen LogP contribution in [0.15, 0.2) is 72.3 Å². The fourth-order valence-electron chi connectivity index (χ4n) is 8.52. The molecule has 0 unspecified atom stereocenters. The molecule has 0 radical (unpaired) electrons. The molecule has 0 N–H and O–H groups in total. The summed E-state index contributed by atoms with van der Waals surface area (Å²) < 4.78 is 25.1. The highest BCUT2D eigenvalue weighted by atomic mass is 28.4. The van der Waals surface area contributed by atoms with Crippen LogP contribution < -0.4 is 10.4 Å². The van der Waals surface area contributed by atoms with E-state index >= 15 is 0 Å². The Kier molecular flexibility index (Phi) is 11.2. The number of hydrogen-bond donors (Lipinski definition) is 0. The maximum Gasteiger partial charge on any atom is 0.311 e. The largest absolute Gasteiger partial charge is 0.462 e. The van der Waals surface area contributed by atoms with Crippen LogP contribution in [0.2, 0.25) is 5.04 Å². The number of rotatable bonds is 12. The van der Waals surface area contributed by atoms with Gasteiger partial charge in [-0.15, -0.1) is 0 Å². The molecule has 1 saturated carbocycles. The Hall–Kier alpha value is -2.25. The summed E-state index contributed by atoms with van der Waals surface area (Å²) in [4.78, 5) is 13.4. The molecule has 5 nitrogen and oxygen atoms in total. The van der Waals surface area contributed by atoms with Crippen molar-refractivity contribution in [1.82, 2.24) is 0 Å². The molecule has 2 aliphatic carbocycles. The van der Waals surface area contributed by atoms with E-state index in [0.29, 0.717) is 25.9 Å². The van der Waals surface area contributed by atoms with E-state index in [9.17, 15) is 4.79 Å². The summed E-state index contributed by atoms with van der Waals surface area (Å²) in [7, 11) is -1.13. The van der Waals surface area contributed by atoms with Gasteiger partial charge in [0.2, 0.25) is 0 Å². The van der Waals surface area contributed by atoms with Gasteiger partial charge in [0, 0.05) is 20.3 Å². The van der Waals surface area contributed by atoms with Crippen LogP contribution in [0.3, 0.4) is 0 Å². The standard InChI is InChI=1S/C40H60O5Si/c1-29-26-40(23-18-24-43-28-42-11)33(30(2)34(25-35(40)39(29,9)10)45-36(41)37(3,4)5)27-44-46(38(6,7)8,31-19-14-12-15-20-31)32-21-16-13-17-22-32/h12-17,19-22,26,30,33-35H,18,23-25,27-28H2,1-11H3/t30-,33-,34-,35-,40-/m0/s1. The van der Waals surface area contributed by atoms with Crippen LogP contribution in [0, 0.1) is 34.0 Å². The van der Waals surface area contributed by atoms with E-state index in [2.05, 4.69) is 115 Å². The maximum absolute atomic E-state index is 13.4. The number of esters is 1. The van der Waals surface area contributed by atoms with E-state index < -0.39 is 13.7 Å². The van der Waals surface area contributed by atoms with E-state index in [1.54, 1.807) is 7.11 Å². The monoisotopic (exact) mass is 648 g/mol. The number of carbonyl (C=O) groups excluding carboxylic acids is 1. The molecule has 254 valence electrons. The lowest BCUT2D eigenvalue weighted by Crippen LogP contribution is -2.67. The molecule has 0 spiro atoms. The van der Waals surface area contributed by atoms with Gasteiger partial charge in [-0.25, -0.2) is 0 Å². The Balaban J connectivity index is 1.84. The number of ether oxygens (including phenoxy) is 3. The first-order chi connectivity index (χ1) is 21.5. The van der Waals surface area contributed by atoms with Crippen LogP contribution in [-0.4, -0.2) is 47.5 Å².